The van der Waals surface area contributed by atoms with Crippen LogP contribution in [0, 0.1) is 5.92 Å². The molecule has 1 aromatic carbocycles. The highest BCUT2D eigenvalue weighted by molar-refractivity contribution is 6.30. The van der Waals surface area contributed by atoms with Crippen LogP contribution in [0.15, 0.2) is 12.1 Å². The van der Waals surface area contributed by atoms with Gasteiger partial charge in [-0.25, -0.2) is 0 Å². The van der Waals surface area contributed by atoms with Crippen molar-refractivity contribution in [1.29, 1.82) is 0 Å². The molecule has 100 valence electrons. The molecule has 3 heteroatoms. The Hall–Kier alpha value is -0.730. The maximum atomic E-state index is 6.45. The third-order valence-corrected chi connectivity index (χ3v) is 4.35. The summed E-state index contributed by atoms with van der Waals surface area (Å²) >= 11 is 6.17. The van der Waals surface area contributed by atoms with Gasteiger partial charge in [-0.3, -0.25) is 0 Å². The predicted molar refractivity (Wildman–Crippen MR) is 76.4 cm³/mol. The lowest BCUT2D eigenvalue weighted by molar-refractivity contribution is 0.298. The first kappa shape index (κ1) is 13.7. The van der Waals surface area contributed by atoms with Gasteiger partial charge in [0, 0.05) is 17.0 Å². The summed E-state index contributed by atoms with van der Waals surface area (Å²) in [5, 5.41) is 0.786. The molecule has 0 amide bonds. The molecule has 0 saturated heterocycles. The molecule has 2 N–H and O–H groups in total. The van der Waals surface area contributed by atoms with Crippen LogP contribution >= 0.6 is 11.6 Å². The summed E-state index contributed by atoms with van der Waals surface area (Å²) in [4.78, 5) is 0. The van der Waals surface area contributed by atoms with Crippen LogP contribution in [0.25, 0.3) is 0 Å². The van der Waals surface area contributed by atoms with Crippen molar-refractivity contribution in [2.45, 2.75) is 45.6 Å². The van der Waals surface area contributed by atoms with E-state index >= 15 is 0 Å². The minimum Gasteiger partial charge on any atom is -0.493 e. The van der Waals surface area contributed by atoms with Crippen LogP contribution < -0.4 is 10.5 Å². The summed E-state index contributed by atoms with van der Waals surface area (Å²) in [6.07, 6.45) is 2.84. The number of hydrogen-bond acceptors (Lipinski definition) is 2. The summed E-state index contributed by atoms with van der Waals surface area (Å²) < 4.78 is 5.73. The number of fused-ring (bicyclic) bond motifs is 1. The lowest BCUT2D eigenvalue weighted by Gasteiger charge is -2.31. The van der Waals surface area contributed by atoms with Gasteiger partial charge in [0.2, 0.25) is 0 Å². The molecule has 0 aromatic heterocycles. The molecule has 2 nitrogen and oxygen atoms in total. The Morgan fingerprint density at radius 3 is 2.89 bits per heavy atom. The van der Waals surface area contributed by atoms with E-state index in [2.05, 4.69) is 20.8 Å². The minimum absolute atomic E-state index is 0.223. The molecule has 2 unspecified atom stereocenters. The lowest BCUT2D eigenvalue weighted by Crippen LogP contribution is -2.44. The second-order valence-corrected chi connectivity index (χ2v) is 6.08. The maximum Gasteiger partial charge on any atom is 0.125 e. The van der Waals surface area contributed by atoms with Gasteiger partial charge in [0.1, 0.15) is 5.75 Å². The topological polar surface area (TPSA) is 35.2 Å². The Morgan fingerprint density at radius 2 is 2.22 bits per heavy atom. The highest BCUT2D eigenvalue weighted by Gasteiger charge is 2.28. The number of rotatable bonds is 4. The average Bonchev–Trinajstić information content (AvgIpc) is 2.75. The largest absolute Gasteiger partial charge is 0.493 e. The summed E-state index contributed by atoms with van der Waals surface area (Å²) in [7, 11) is 0. The Labute approximate surface area is 114 Å². The molecule has 2 rings (SSSR count). The van der Waals surface area contributed by atoms with Gasteiger partial charge in [-0.05, 0) is 42.5 Å². The molecule has 1 aromatic rings. The van der Waals surface area contributed by atoms with Gasteiger partial charge < -0.3 is 10.5 Å². The zero-order chi connectivity index (χ0) is 13.3. The number of halogens is 1. The molecule has 18 heavy (non-hydrogen) atoms. The average molecular weight is 268 g/mol. The van der Waals surface area contributed by atoms with Crippen LogP contribution in [-0.4, -0.2) is 12.1 Å². The highest BCUT2D eigenvalue weighted by atomic mass is 35.5. The molecular formula is C15H22ClNO. The molecule has 2 atom stereocenters. The number of nitrogens with two attached hydrogens (primary N) is 1. The summed E-state index contributed by atoms with van der Waals surface area (Å²) in [5.41, 5.74) is 8.60. The molecule has 0 aliphatic carbocycles. The molecule has 1 aliphatic heterocycles. The maximum absolute atomic E-state index is 6.45. The van der Waals surface area contributed by atoms with Gasteiger partial charge in [0.25, 0.3) is 0 Å². The number of ether oxygens (including phenoxy) is 1. The standard InChI is InChI=1S/C15H22ClNO/c1-4-10(2)15(3,17)9-12-8-13(16)7-11-5-6-18-14(11)12/h7-8,10H,4-6,9,17H2,1-3H3. The van der Waals surface area contributed by atoms with Crippen molar-refractivity contribution < 1.29 is 4.74 Å². The quantitative estimate of drug-likeness (QED) is 0.905. The fourth-order valence-corrected chi connectivity index (χ4v) is 2.79. The van der Waals surface area contributed by atoms with E-state index in [4.69, 9.17) is 22.1 Å². The monoisotopic (exact) mass is 267 g/mol. The van der Waals surface area contributed by atoms with Crippen molar-refractivity contribution in [1.82, 2.24) is 0 Å². The van der Waals surface area contributed by atoms with E-state index in [-0.39, 0.29) is 5.54 Å². The Bertz CT molecular complexity index is 442. The zero-order valence-electron chi connectivity index (χ0n) is 11.4. The van der Waals surface area contributed by atoms with Gasteiger partial charge >= 0.3 is 0 Å². The van der Waals surface area contributed by atoms with Crippen LogP contribution in [0.4, 0.5) is 0 Å². The van der Waals surface area contributed by atoms with E-state index in [1.54, 1.807) is 0 Å². The second-order valence-electron chi connectivity index (χ2n) is 5.64. The fraction of sp³-hybridized carbons (Fsp3) is 0.600. The van der Waals surface area contributed by atoms with Gasteiger partial charge in [-0.2, -0.15) is 0 Å². The van der Waals surface area contributed by atoms with Crippen LogP contribution in [0.3, 0.4) is 0 Å². The van der Waals surface area contributed by atoms with Gasteiger partial charge in [0.15, 0.2) is 0 Å². The van der Waals surface area contributed by atoms with E-state index < -0.39 is 0 Å². The zero-order valence-corrected chi connectivity index (χ0v) is 12.2. The van der Waals surface area contributed by atoms with Crippen LogP contribution in [0.5, 0.6) is 5.75 Å². The summed E-state index contributed by atoms with van der Waals surface area (Å²) in [6, 6.07) is 4.00. The lowest BCUT2D eigenvalue weighted by atomic mass is 9.80. The summed E-state index contributed by atoms with van der Waals surface area (Å²) in [6.45, 7) is 7.25. The normalized spacial score (nSPS) is 18.9. The van der Waals surface area contributed by atoms with Crippen molar-refractivity contribution in [3.63, 3.8) is 0 Å². The molecular weight excluding hydrogens is 246 g/mol. The van der Waals surface area contributed by atoms with Gasteiger partial charge in [0.05, 0.1) is 6.61 Å². The first-order valence-corrected chi connectivity index (χ1v) is 7.05. The van der Waals surface area contributed by atoms with E-state index in [0.717, 1.165) is 42.2 Å². The third-order valence-electron chi connectivity index (χ3n) is 4.13. The van der Waals surface area contributed by atoms with Crippen molar-refractivity contribution in [2.75, 3.05) is 6.61 Å². The molecule has 0 spiro atoms. The van der Waals surface area contributed by atoms with E-state index in [9.17, 15) is 0 Å². The van der Waals surface area contributed by atoms with Crippen molar-refractivity contribution >= 4 is 11.6 Å². The molecule has 0 radical (unpaired) electrons. The Kier molecular flexibility index (Phi) is 3.88. The first-order chi connectivity index (χ1) is 8.44. The Balaban J connectivity index is 2.29. The fourth-order valence-electron chi connectivity index (χ4n) is 2.53. The minimum atomic E-state index is -0.223. The van der Waals surface area contributed by atoms with Crippen LogP contribution in [0.2, 0.25) is 5.02 Å². The second kappa shape index (κ2) is 5.10. The van der Waals surface area contributed by atoms with E-state index in [1.165, 1.54) is 5.56 Å². The SMILES string of the molecule is CCC(C)C(C)(N)Cc1cc(Cl)cc2c1OCC2. The molecule has 0 saturated carbocycles. The van der Waals surface area contributed by atoms with Gasteiger partial charge in [-0.1, -0.05) is 31.9 Å². The summed E-state index contributed by atoms with van der Waals surface area (Å²) in [5.74, 6) is 1.48. The molecule has 1 aliphatic rings. The first-order valence-electron chi connectivity index (χ1n) is 6.67. The van der Waals surface area contributed by atoms with Crippen molar-refractivity contribution in [3.05, 3.63) is 28.3 Å². The van der Waals surface area contributed by atoms with Crippen LogP contribution in [0.1, 0.15) is 38.3 Å². The van der Waals surface area contributed by atoms with Gasteiger partial charge in [-0.15, -0.1) is 0 Å². The molecule has 0 fully saturated rings. The number of hydrogen-bond donors (Lipinski definition) is 1. The van der Waals surface area contributed by atoms with E-state index in [0.29, 0.717) is 5.92 Å². The van der Waals surface area contributed by atoms with Crippen molar-refractivity contribution in [2.24, 2.45) is 11.7 Å². The smallest absolute Gasteiger partial charge is 0.125 e. The molecule has 1 heterocycles. The molecule has 0 bridgehead atoms. The predicted octanol–water partition coefficient (Wildman–Crippen LogP) is 3.58. The van der Waals surface area contributed by atoms with E-state index in [1.807, 2.05) is 12.1 Å². The van der Waals surface area contributed by atoms with Crippen LogP contribution in [-0.2, 0) is 12.8 Å². The number of benzene rings is 1. The van der Waals surface area contributed by atoms with Crippen molar-refractivity contribution in [3.8, 4) is 5.75 Å². The highest BCUT2D eigenvalue weighted by Crippen LogP contribution is 2.35. The Morgan fingerprint density at radius 1 is 1.50 bits per heavy atom. The third kappa shape index (κ3) is 2.65.